The van der Waals surface area contributed by atoms with Crippen LogP contribution in [0.4, 0.5) is 11.4 Å². The highest BCUT2D eigenvalue weighted by molar-refractivity contribution is 5.77. The maximum Gasteiger partial charge on any atom is 0.224 e. The van der Waals surface area contributed by atoms with E-state index in [1.54, 1.807) is 0 Å². The van der Waals surface area contributed by atoms with E-state index in [4.69, 9.17) is 10.5 Å². The standard InChI is InChI=1S/C14H21N3O2/c1-11-10-12(15)2-3-13(11)16-5-4-14(18)17-6-8-19-9-7-17/h2-3,10,16H,4-9,15H2,1H3. The fourth-order valence-electron chi connectivity index (χ4n) is 2.16. The number of hydrogen-bond donors (Lipinski definition) is 2. The number of carbonyl (C=O) groups is 1. The van der Waals surface area contributed by atoms with Gasteiger partial charge in [0.15, 0.2) is 0 Å². The Bertz CT molecular complexity index is 442. The molecule has 0 bridgehead atoms. The predicted molar refractivity (Wildman–Crippen MR) is 76.1 cm³/mol. The Morgan fingerprint density at radius 2 is 2.16 bits per heavy atom. The monoisotopic (exact) mass is 263 g/mol. The molecule has 1 aliphatic rings. The first-order valence-corrected chi connectivity index (χ1v) is 6.62. The molecule has 1 heterocycles. The summed E-state index contributed by atoms with van der Waals surface area (Å²) in [5, 5.41) is 3.28. The third-order valence-corrected chi connectivity index (χ3v) is 3.27. The van der Waals surface area contributed by atoms with Crippen LogP contribution in [0.3, 0.4) is 0 Å². The van der Waals surface area contributed by atoms with E-state index >= 15 is 0 Å². The minimum Gasteiger partial charge on any atom is -0.399 e. The first-order valence-electron chi connectivity index (χ1n) is 6.62. The van der Waals surface area contributed by atoms with Crippen LogP contribution in [0.5, 0.6) is 0 Å². The van der Waals surface area contributed by atoms with E-state index in [0.29, 0.717) is 39.3 Å². The Labute approximate surface area is 113 Å². The molecule has 0 unspecified atom stereocenters. The number of carbonyl (C=O) groups excluding carboxylic acids is 1. The Morgan fingerprint density at radius 3 is 2.84 bits per heavy atom. The van der Waals surface area contributed by atoms with E-state index in [1.807, 2.05) is 30.0 Å². The van der Waals surface area contributed by atoms with Crippen LogP contribution in [0, 0.1) is 6.92 Å². The van der Waals surface area contributed by atoms with Gasteiger partial charge in [-0.15, -0.1) is 0 Å². The molecule has 1 aliphatic heterocycles. The Hall–Kier alpha value is -1.75. The Kier molecular flexibility index (Phi) is 4.63. The number of nitrogens with zero attached hydrogens (tertiary/aromatic N) is 1. The van der Waals surface area contributed by atoms with Gasteiger partial charge in [-0.3, -0.25) is 4.79 Å². The molecule has 1 amide bonds. The molecule has 0 aromatic heterocycles. The van der Waals surface area contributed by atoms with Gasteiger partial charge in [-0.05, 0) is 30.7 Å². The Morgan fingerprint density at radius 1 is 1.42 bits per heavy atom. The topological polar surface area (TPSA) is 67.6 Å². The van der Waals surface area contributed by atoms with Gasteiger partial charge >= 0.3 is 0 Å². The fourth-order valence-corrected chi connectivity index (χ4v) is 2.16. The third-order valence-electron chi connectivity index (χ3n) is 3.27. The molecule has 0 radical (unpaired) electrons. The van der Waals surface area contributed by atoms with Crippen LogP contribution >= 0.6 is 0 Å². The van der Waals surface area contributed by atoms with Gasteiger partial charge in [-0.2, -0.15) is 0 Å². The molecular formula is C14H21N3O2. The smallest absolute Gasteiger partial charge is 0.224 e. The van der Waals surface area contributed by atoms with Crippen molar-refractivity contribution in [2.45, 2.75) is 13.3 Å². The zero-order valence-corrected chi connectivity index (χ0v) is 11.3. The highest BCUT2D eigenvalue weighted by Crippen LogP contribution is 2.17. The summed E-state index contributed by atoms with van der Waals surface area (Å²) in [6.45, 7) is 5.36. The number of rotatable bonds is 4. The van der Waals surface area contributed by atoms with E-state index in [0.717, 1.165) is 16.9 Å². The van der Waals surface area contributed by atoms with Gasteiger partial charge < -0.3 is 20.7 Å². The van der Waals surface area contributed by atoms with E-state index in [1.165, 1.54) is 0 Å². The largest absolute Gasteiger partial charge is 0.399 e. The van der Waals surface area contributed by atoms with Crippen molar-refractivity contribution in [2.75, 3.05) is 43.9 Å². The van der Waals surface area contributed by atoms with Crippen molar-refractivity contribution in [1.29, 1.82) is 0 Å². The zero-order valence-electron chi connectivity index (χ0n) is 11.3. The third kappa shape index (κ3) is 3.86. The highest BCUT2D eigenvalue weighted by atomic mass is 16.5. The van der Waals surface area contributed by atoms with Crippen molar-refractivity contribution < 1.29 is 9.53 Å². The second-order valence-electron chi connectivity index (χ2n) is 4.74. The number of hydrogen-bond acceptors (Lipinski definition) is 4. The first-order chi connectivity index (χ1) is 9.16. The van der Waals surface area contributed by atoms with E-state index in [9.17, 15) is 4.79 Å². The lowest BCUT2D eigenvalue weighted by molar-refractivity contribution is -0.134. The zero-order chi connectivity index (χ0) is 13.7. The number of amides is 1. The average Bonchev–Trinajstić information content (AvgIpc) is 2.42. The van der Waals surface area contributed by atoms with E-state index in [2.05, 4.69) is 5.32 Å². The molecule has 1 saturated heterocycles. The molecule has 5 heteroatoms. The summed E-state index contributed by atoms with van der Waals surface area (Å²) < 4.78 is 5.23. The summed E-state index contributed by atoms with van der Waals surface area (Å²) in [6, 6.07) is 5.73. The molecular weight excluding hydrogens is 242 g/mol. The van der Waals surface area contributed by atoms with Crippen LogP contribution in [-0.4, -0.2) is 43.7 Å². The van der Waals surface area contributed by atoms with Crippen molar-refractivity contribution in [3.8, 4) is 0 Å². The molecule has 104 valence electrons. The quantitative estimate of drug-likeness (QED) is 0.802. The second kappa shape index (κ2) is 6.43. The van der Waals surface area contributed by atoms with E-state index < -0.39 is 0 Å². The molecule has 1 fully saturated rings. The van der Waals surface area contributed by atoms with Gasteiger partial charge in [0.05, 0.1) is 13.2 Å². The summed E-state index contributed by atoms with van der Waals surface area (Å²) >= 11 is 0. The normalized spacial score (nSPS) is 15.3. The first kappa shape index (κ1) is 13.7. The lowest BCUT2D eigenvalue weighted by Gasteiger charge is -2.27. The number of benzene rings is 1. The SMILES string of the molecule is Cc1cc(N)ccc1NCCC(=O)N1CCOCC1. The maximum absolute atomic E-state index is 11.9. The molecule has 0 saturated carbocycles. The highest BCUT2D eigenvalue weighted by Gasteiger charge is 2.15. The lowest BCUT2D eigenvalue weighted by atomic mass is 10.2. The number of morpholine rings is 1. The van der Waals surface area contributed by atoms with Crippen LogP contribution < -0.4 is 11.1 Å². The van der Waals surface area contributed by atoms with Gasteiger partial charge in [-0.25, -0.2) is 0 Å². The van der Waals surface area contributed by atoms with Crippen LogP contribution in [0.25, 0.3) is 0 Å². The number of ether oxygens (including phenoxy) is 1. The minimum absolute atomic E-state index is 0.184. The number of anilines is 2. The van der Waals surface area contributed by atoms with Crippen molar-refractivity contribution in [3.63, 3.8) is 0 Å². The van der Waals surface area contributed by atoms with Gasteiger partial charge in [0.25, 0.3) is 0 Å². The summed E-state index contributed by atoms with van der Waals surface area (Å²) in [4.78, 5) is 13.8. The summed E-state index contributed by atoms with van der Waals surface area (Å²) in [5.41, 5.74) is 8.59. The molecule has 0 atom stereocenters. The number of nitrogen functional groups attached to an aromatic ring is 1. The van der Waals surface area contributed by atoms with Gasteiger partial charge in [0.2, 0.25) is 5.91 Å². The summed E-state index contributed by atoms with van der Waals surface area (Å²) in [7, 11) is 0. The number of nitrogens with two attached hydrogens (primary N) is 1. The average molecular weight is 263 g/mol. The van der Waals surface area contributed by atoms with Gasteiger partial charge in [-0.1, -0.05) is 0 Å². The predicted octanol–water partition coefficient (Wildman–Crippen LogP) is 1.24. The van der Waals surface area contributed by atoms with Crippen molar-refractivity contribution >= 4 is 17.3 Å². The summed E-state index contributed by atoms with van der Waals surface area (Å²) in [5.74, 6) is 0.184. The van der Waals surface area contributed by atoms with Gasteiger partial charge in [0, 0.05) is 37.4 Å². The molecule has 5 nitrogen and oxygen atoms in total. The Balaban J connectivity index is 1.78. The van der Waals surface area contributed by atoms with Crippen LogP contribution in [0.1, 0.15) is 12.0 Å². The molecule has 1 aromatic rings. The lowest BCUT2D eigenvalue weighted by Crippen LogP contribution is -2.41. The van der Waals surface area contributed by atoms with E-state index in [-0.39, 0.29) is 5.91 Å². The maximum atomic E-state index is 11.9. The van der Waals surface area contributed by atoms with Gasteiger partial charge in [0.1, 0.15) is 0 Å². The van der Waals surface area contributed by atoms with Crippen molar-refractivity contribution in [1.82, 2.24) is 4.90 Å². The molecule has 1 aromatic carbocycles. The van der Waals surface area contributed by atoms with Crippen LogP contribution in [0.15, 0.2) is 18.2 Å². The van der Waals surface area contributed by atoms with Crippen LogP contribution in [-0.2, 0) is 9.53 Å². The van der Waals surface area contributed by atoms with Crippen molar-refractivity contribution in [2.24, 2.45) is 0 Å². The molecule has 2 rings (SSSR count). The molecule has 0 aliphatic carbocycles. The fraction of sp³-hybridized carbons (Fsp3) is 0.500. The van der Waals surface area contributed by atoms with Crippen LogP contribution in [0.2, 0.25) is 0 Å². The second-order valence-corrected chi connectivity index (χ2v) is 4.74. The number of aryl methyl sites for hydroxylation is 1. The molecule has 19 heavy (non-hydrogen) atoms. The van der Waals surface area contributed by atoms with Crippen molar-refractivity contribution in [3.05, 3.63) is 23.8 Å². The minimum atomic E-state index is 0.184. The number of nitrogens with one attached hydrogen (secondary N) is 1. The molecule has 0 spiro atoms. The summed E-state index contributed by atoms with van der Waals surface area (Å²) in [6.07, 6.45) is 0.504. The molecule has 3 N–H and O–H groups in total.